The standard InChI is InChI=1S/C22H21N3O5S/c26-19(24-13-5-6-17-18(11-13)30-10-9-29-17)7-8-23-20(27)16-12-31-22-15-4-2-1-3-14(15)21(28)25(16)22/h1-6,11,16,22H,7-10,12H2,(H,23,27)(H,24,26)/t16-,22?/m0/s1. The number of ether oxygens (including phenoxy) is 2. The molecule has 3 heterocycles. The van der Waals surface area contributed by atoms with Gasteiger partial charge < -0.3 is 25.0 Å². The van der Waals surface area contributed by atoms with Crippen LogP contribution in [0.4, 0.5) is 5.69 Å². The quantitative estimate of drug-likeness (QED) is 0.741. The van der Waals surface area contributed by atoms with Gasteiger partial charge in [0.1, 0.15) is 24.6 Å². The number of amides is 3. The van der Waals surface area contributed by atoms with Crippen LogP contribution in [0.2, 0.25) is 0 Å². The summed E-state index contributed by atoms with van der Waals surface area (Å²) in [5.41, 5.74) is 2.24. The van der Waals surface area contributed by atoms with Crippen molar-refractivity contribution in [3.63, 3.8) is 0 Å². The molecule has 0 aliphatic carbocycles. The van der Waals surface area contributed by atoms with Crippen LogP contribution in [0, 0.1) is 0 Å². The predicted octanol–water partition coefficient (Wildman–Crippen LogP) is 2.17. The van der Waals surface area contributed by atoms with Gasteiger partial charge in [0.2, 0.25) is 11.8 Å². The van der Waals surface area contributed by atoms with E-state index in [0.29, 0.717) is 41.7 Å². The van der Waals surface area contributed by atoms with Crippen LogP contribution in [0.5, 0.6) is 11.5 Å². The molecule has 8 nitrogen and oxygen atoms in total. The Morgan fingerprint density at radius 2 is 1.90 bits per heavy atom. The van der Waals surface area contributed by atoms with Crippen LogP contribution in [-0.4, -0.2) is 54.2 Å². The lowest BCUT2D eigenvalue weighted by Gasteiger charge is -2.22. The van der Waals surface area contributed by atoms with E-state index >= 15 is 0 Å². The number of nitrogens with one attached hydrogen (secondary N) is 2. The summed E-state index contributed by atoms with van der Waals surface area (Å²) in [6, 6.07) is 12.2. The zero-order chi connectivity index (χ0) is 21.4. The largest absolute Gasteiger partial charge is 0.486 e. The number of fused-ring (bicyclic) bond motifs is 4. The van der Waals surface area contributed by atoms with Crippen LogP contribution in [0.25, 0.3) is 0 Å². The van der Waals surface area contributed by atoms with Gasteiger partial charge in [-0.1, -0.05) is 18.2 Å². The van der Waals surface area contributed by atoms with Crippen molar-refractivity contribution in [2.45, 2.75) is 17.8 Å². The number of rotatable bonds is 5. The molecular weight excluding hydrogens is 418 g/mol. The monoisotopic (exact) mass is 439 g/mol. The molecular formula is C22H21N3O5S. The molecule has 2 atom stereocenters. The van der Waals surface area contributed by atoms with Crippen molar-refractivity contribution in [1.82, 2.24) is 10.2 Å². The van der Waals surface area contributed by atoms with E-state index in [9.17, 15) is 14.4 Å². The fourth-order valence-electron chi connectivity index (χ4n) is 4.00. The highest BCUT2D eigenvalue weighted by molar-refractivity contribution is 7.99. The van der Waals surface area contributed by atoms with Gasteiger partial charge in [0.05, 0.1) is 0 Å². The van der Waals surface area contributed by atoms with Gasteiger partial charge in [0.25, 0.3) is 5.91 Å². The molecule has 1 unspecified atom stereocenters. The minimum Gasteiger partial charge on any atom is -0.486 e. The first kappa shape index (κ1) is 19.7. The first-order valence-corrected chi connectivity index (χ1v) is 11.2. The van der Waals surface area contributed by atoms with Crippen molar-refractivity contribution in [2.75, 3.05) is 30.8 Å². The van der Waals surface area contributed by atoms with Crippen molar-refractivity contribution in [3.05, 3.63) is 53.6 Å². The normalized spacial score (nSPS) is 20.8. The average Bonchev–Trinajstić information content (AvgIpc) is 3.34. The summed E-state index contributed by atoms with van der Waals surface area (Å²) in [5, 5.41) is 5.48. The second-order valence-electron chi connectivity index (χ2n) is 7.45. The summed E-state index contributed by atoms with van der Waals surface area (Å²) in [6.07, 6.45) is 0.123. The molecule has 0 radical (unpaired) electrons. The second kappa shape index (κ2) is 8.14. The molecule has 2 N–H and O–H groups in total. The Kier molecular flexibility index (Phi) is 5.19. The third kappa shape index (κ3) is 3.69. The predicted molar refractivity (Wildman–Crippen MR) is 115 cm³/mol. The van der Waals surface area contributed by atoms with E-state index in [1.54, 1.807) is 40.9 Å². The van der Waals surface area contributed by atoms with Gasteiger partial charge in [-0.2, -0.15) is 0 Å². The number of thioether (sulfide) groups is 1. The summed E-state index contributed by atoms with van der Waals surface area (Å²) in [7, 11) is 0. The lowest BCUT2D eigenvalue weighted by atomic mass is 10.1. The SMILES string of the molecule is O=C(CCNC(=O)[C@@H]1CSC2c3ccccc3C(=O)N21)Nc1ccc2c(c1)OCCO2. The van der Waals surface area contributed by atoms with E-state index in [4.69, 9.17) is 9.47 Å². The first-order valence-electron chi connectivity index (χ1n) is 10.1. The molecule has 2 aromatic rings. The van der Waals surface area contributed by atoms with Gasteiger partial charge in [-0.3, -0.25) is 14.4 Å². The molecule has 1 fully saturated rings. The zero-order valence-electron chi connectivity index (χ0n) is 16.6. The number of benzene rings is 2. The Morgan fingerprint density at radius 3 is 2.77 bits per heavy atom. The van der Waals surface area contributed by atoms with E-state index in [1.807, 2.05) is 18.2 Å². The molecule has 31 heavy (non-hydrogen) atoms. The Bertz CT molecular complexity index is 1060. The van der Waals surface area contributed by atoms with Crippen LogP contribution in [0.15, 0.2) is 42.5 Å². The second-order valence-corrected chi connectivity index (χ2v) is 8.56. The molecule has 3 aliphatic heterocycles. The van der Waals surface area contributed by atoms with Gasteiger partial charge in [0, 0.05) is 36.0 Å². The topological polar surface area (TPSA) is 97.0 Å². The molecule has 0 aromatic heterocycles. The molecule has 3 aliphatic rings. The smallest absolute Gasteiger partial charge is 0.256 e. The minimum absolute atomic E-state index is 0.109. The Balaban J connectivity index is 1.13. The van der Waals surface area contributed by atoms with Crippen LogP contribution in [0.3, 0.4) is 0 Å². The molecule has 0 saturated carbocycles. The van der Waals surface area contributed by atoms with Gasteiger partial charge >= 0.3 is 0 Å². The molecule has 160 valence electrons. The number of nitrogens with zero attached hydrogens (tertiary/aromatic N) is 1. The van der Waals surface area contributed by atoms with E-state index in [2.05, 4.69) is 10.6 Å². The third-order valence-electron chi connectivity index (χ3n) is 5.47. The van der Waals surface area contributed by atoms with Crippen LogP contribution < -0.4 is 20.1 Å². The molecule has 2 aromatic carbocycles. The van der Waals surface area contributed by atoms with E-state index < -0.39 is 6.04 Å². The lowest BCUT2D eigenvalue weighted by molar-refractivity contribution is -0.124. The number of carbonyl (C=O) groups is 3. The van der Waals surface area contributed by atoms with Crippen LogP contribution >= 0.6 is 11.8 Å². The number of anilines is 1. The third-order valence-corrected chi connectivity index (χ3v) is 6.78. The van der Waals surface area contributed by atoms with Crippen molar-refractivity contribution in [1.29, 1.82) is 0 Å². The van der Waals surface area contributed by atoms with E-state index in [-0.39, 0.29) is 36.1 Å². The number of carbonyl (C=O) groups excluding carboxylic acids is 3. The van der Waals surface area contributed by atoms with Gasteiger partial charge in [-0.05, 0) is 23.8 Å². The molecule has 0 bridgehead atoms. The highest BCUT2D eigenvalue weighted by Gasteiger charge is 2.48. The molecule has 9 heteroatoms. The maximum absolute atomic E-state index is 12.7. The highest BCUT2D eigenvalue weighted by Crippen LogP contribution is 2.48. The van der Waals surface area contributed by atoms with E-state index in [1.165, 1.54) is 0 Å². The summed E-state index contributed by atoms with van der Waals surface area (Å²) in [4.78, 5) is 39.4. The van der Waals surface area contributed by atoms with Gasteiger partial charge in [-0.25, -0.2) is 0 Å². The minimum atomic E-state index is -0.532. The Hall–Kier alpha value is -3.20. The summed E-state index contributed by atoms with van der Waals surface area (Å²) in [6.45, 7) is 1.17. The molecule has 3 amide bonds. The van der Waals surface area contributed by atoms with Crippen molar-refractivity contribution in [2.24, 2.45) is 0 Å². The Labute approximate surface area is 183 Å². The lowest BCUT2D eigenvalue weighted by Crippen LogP contribution is -2.46. The van der Waals surface area contributed by atoms with E-state index in [0.717, 1.165) is 5.56 Å². The number of hydrogen-bond donors (Lipinski definition) is 2. The van der Waals surface area contributed by atoms with Crippen LogP contribution in [-0.2, 0) is 9.59 Å². The summed E-state index contributed by atoms with van der Waals surface area (Å²) < 4.78 is 11.0. The van der Waals surface area contributed by atoms with Crippen molar-refractivity contribution in [3.8, 4) is 11.5 Å². The van der Waals surface area contributed by atoms with Gasteiger partial charge in [-0.15, -0.1) is 11.8 Å². The summed E-state index contributed by atoms with van der Waals surface area (Å²) in [5.74, 6) is 1.23. The maximum Gasteiger partial charge on any atom is 0.256 e. The fraction of sp³-hybridized carbons (Fsp3) is 0.318. The number of hydrogen-bond acceptors (Lipinski definition) is 6. The van der Waals surface area contributed by atoms with Crippen molar-refractivity contribution < 1.29 is 23.9 Å². The van der Waals surface area contributed by atoms with Crippen LogP contribution in [0.1, 0.15) is 27.7 Å². The average molecular weight is 439 g/mol. The fourth-order valence-corrected chi connectivity index (χ4v) is 5.47. The Morgan fingerprint density at radius 1 is 1.10 bits per heavy atom. The maximum atomic E-state index is 12.7. The van der Waals surface area contributed by atoms with Crippen molar-refractivity contribution >= 4 is 35.2 Å². The summed E-state index contributed by atoms with van der Waals surface area (Å²) >= 11 is 1.59. The van der Waals surface area contributed by atoms with Gasteiger partial charge in [0.15, 0.2) is 11.5 Å². The first-order chi connectivity index (χ1) is 15.1. The molecule has 0 spiro atoms. The highest BCUT2D eigenvalue weighted by atomic mass is 32.2. The molecule has 1 saturated heterocycles. The zero-order valence-corrected chi connectivity index (χ0v) is 17.4. The molecule has 5 rings (SSSR count).